The molecule has 280 valence electrons. The average molecular weight is 719 g/mol. The highest BCUT2D eigenvalue weighted by Crippen LogP contribution is 2.37. The lowest BCUT2D eigenvalue weighted by atomic mass is 9.78. The zero-order chi connectivity index (χ0) is 37.8. The Morgan fingerprint density at radius 3 is 2.06 bits per heavy atom. The van der Waals surface area contributed by atoms with E-state index in [4.69, 9.17) is 9.47 Å². The number of esters is 1. The highest BCUT2D eigenvalue weighted by atomic mass is 16.6. The van der Waals surface area contributed by atoms with E-state index in [2.05, 4.69) is 46.5 Å². The fourth-order valence-corrected chi connectivity index (χ4v) is 6.87. The van der Waals surface area contributed by atoms with Crippen LogP contribution in [0.4, 0.5) is 4.79 Å². The molecule has 1 aliphatic carbocycles. The van der Waals surface area contributed by atoms with Crippen LogP contribution in [0.15, 0.2) is 91.3 Å². The van der Waals surface area contributed by atoms with Gasteiger partial charge in [0, 0.05) is 43.0 Å². The van der Waals surface area contributed by atoms with Crippen molar-refractivity contribution in [2.24, 2.45) is 5.92 Å². The van der Waals surface area contributed by atoms with Gasteiger partial charge in [-0.2, -0.15) is 0 Å². The van der Waals surface area contributed by atoms with Gasteiger partial charge in [0.25, 0.3) is 0 Å². The monoisotopic (exact) mass is 718 g/mol. The number of aromatic nitrogens is 2. The molecule has 53 heavy (non-hydrogen) atoms. The molecule has 3 aromatic carbocycles. The fraction of sp³-hybridized carbons (Fsp3) is 0.432. The molecule has 1 fully saturated rings. The van der Waals surface area contributed by atoms with Crippen molar-refractivity contribution < 1.29 is 23.9 Å². The second-order valence-electron chi connectivity index (χ2n) is 15.0. The molecule has 2 amide bonds. The molecule has 0 spiro atoms. The summed E-state index contributed by atoms with van der Waals surface area (Å²) in [6, 6.07) is 25.0. The molecule has 1 atom stereocenters. The third-order valence-electron chi connectivity index (χ3n) is 9.95. The minimum atomic E-state index is -0.920. The number of carbonyl (C=O) groups is 3. The van der Waals surface area contributed by atoms with Crippen LogP contribution in [-0.4, -0.2) is 57.6 Å². The SMILES string of the molecule is CCC1CCC(c2ccc(-c3cnc(-c4ccc(CC(NC(=O)OCc5ccccc5)C(=O)N(CC)CCC(=O)OC(C)(C)C)cc4)nc3)cc2)CC1. The normalized spacial score (nSPS) is 16.3. The first-order chi connectivity index (χ1) is 25.5. The molecule has 4 aromatic rings. The summed E-state index contributed by atoms with van der Waals surface area (Å²) in [5.41, 5.74) is 5.36. The van der Waals surface area contributed by atoms with Gasteiger partial charge in [-0.15, -0.1) is 0 Å². The number of hydrogen-bond donors (Lipinski definition) is 1. The van der Waals surface area contributed by atoms with E-state index in [1.165, 1.54) is 37.7 Å². The number of nitrogens with one attached hydrogen (secondary N) is 1. The Balaban J connectivity index is 1.23. The summed E-state index contributed by atoms with van der Waals surface area (Å²) in [5, 5.41) is 2.78. The van der Waals surface area contributed by atoms with E-state index in [1.807, 2.05) is 73.9 Å². The van der Waals surface area contributed by atoms with E-state index in [0.29, 0.717) is 18.3 Å². The number of hydrogen-bond acceptors (Lipinski definition) is 7. The van der Waals surface area contributed by atoms with E-state index in [9.17, 15) is 14.4 Å². The van der Waals surface area contributed by atoms with Gasteiger partial charge in [-0.25, -0.2) is 14.8 Å². The van der Waals surface area contributed by atoms with Crippen LogP contribution in [0.5, 0.6) is 0 Å². The first-order valence-corrected chi connectivity index (χ1v) is 19.0. The van der Waals surface area contributed by atoms with Gasteiger partial charge in [-0.05, 0) is 87.5 Å². The molecule has 1 heterocycles. The summed E-state index contributed by atoms with van der Waals surface area (Å²) in [7, 11) is 0. The highest BCUT2D eigenvalue weighted by molar-refractivity contribution is 5.86. The lowest BCUT2D eigenvalue weighted by Gasteiger charge is -2.28. The molecule has 5 rings (SSSR count). The molecule has 1 unspecified atom stereocenters. The van der Waals surface area contributed by atoms with Crippen LogP contribution in [0, 0.1) is 5.92 Å². The molecular formula is C44H54N4O5. The molecule has 0 aliphatic heterocycles. The number of benzene rings is 3. The van der Waals surface area contributed by atoms with Gasteiger partial charge >= 0.3 is 12.1 Å². The van der Waals surface area contributed by atoms with Crippen molar-refractivity contribution in [3.63, 3.8) is 0 Å². The van der Waals surface area contributed by atoms with Gasteiger partial charge in [0.15, 0.2) is 5.82 Å². The topological polar surface area (TPSA) is 111 Å². The maximum absolute atomic E-state index is 13.8. The first kappa shape index (κ1) is 39.2. The van der Waals surface area contributed by atoms with Crippen molar-refractivity contribution >= 4 is 18.0 Å². The zero-order valence-corrected chi connectivity index (χ0v) is 31.8. The Labute approximate surface area is 314 Å². The maximum Gasteiger partial charge on any atom is 0.408 e. The summed E-state index contributed by atoms with van der Waals surface area (Å²) >= 11 is 0. The number of ether oxygens (including phenoxy) is 2. The summed E-state index contributed by atoms with van der Waals surface area (Å²) in [4.78, 5) is 50.1. The lowest BCUT2D eigenvalue weighted by Crippen LogP contribution is -2.50. The van der Waals surface area contributed by atoms with Crippen molar-refractivity contribution in [1.82, 2.24) is 20.2 Å². The Morgan fingerprint density at radius 1 is 0.811 bits per heavy atom. The minimum Gasteiger partial charge on any atom is -0.460 e. The third-order valence-corrected chi connectivity index (χ3v) is 9.95. The number of likely N-dealkylation sites (N-methyl/N-ethyl adjacent to an activating group) is 1. The first-order valence-electron chi connectivity index (χ1n) is 19.0. The van der Waals surface area contributed by atoms with Crippen LogP contribution in [0.25, 0.3) is 22.5 Å². The van der Waals surface area contributed by atoms with Crippen molar-refractivity contribution in [1.29, 1.82) is 0 Å². The molecule has 0 radical (unpaired) electrons. The quantitative estimate of drug-likeness (QED) is 0.130. The summed E-state index contributed by atoms with van der Waals surface area (Å²) in [6.45, 7) is 10.1. The largest absolute Gasteiger partial charge is 0.460 e. The molecule has 9 heteroatoms. The second-order valence-corrected chi connectivity index (χ2v) is 15.0. The molecule has 9 nitrogen and oxygen atoms in total. The van der Waals surface area contributed by atoms with E-state index >= 15 is 0 Å². The molecule has 0 saturated heterocycles. The van der Waals surface area contributed by atoms with E-state index in [0.717, 1.165) is 33.7 Å². The van der Waals surface area contributed by atoms with Gasteiger partial charge in [0.2, 0.25) is 5.91 Å². The fourth-order valence-electron chi connectivity index (χ4n) is 6.87. The van der Waals surface area contributed by atoms with Gasteiger partial charge in [0.05, 0.1) is 6.42 Å². The van der Waals surface area contributed by atoms with Crippen LogP contribution in [0.2, 0.25) is 0 Å². The summed E-state index contributed by atoms with van der Waals surface area (Å²) < 4.78 is 10.9. The van der Waals surface area contributed by atoms with Gasteiger partial charge < -0.3 is 19.7 Å². The Bertz CT molecular complexity index is 1760. The Kier molecular flexibility index (Phi) is 13.8. The number of nitrogens with zero attached hydrogens (tertiary/aromatic N) is 3. The van der Waals surface area contributed by atoms with Crippen LogP contribution in [-0.2, 0) is 32.1 Å². The zero-order valence-electron chi connectivity index (χ0n) is 31.8. The predicted molar refractivity (Wildman–Crippen MR) is 208 cm³/mol. The van der Waals surface area contributed by atoms with Crippen molar-refractivity contribution in [3.8, 4) is 22.5 Å². The predicted octanol–water partition coefficient (Wildman–Crippen LogP) is 8.91. The van der Waals surface area contributed by atoms with Gasteiger partial charge in [0.1, 0.15) is 18.2 Å². The number of amides is 2. The average Bonchev–Trinajstić information content (AvgIpc) is 3.17. The summed E-state index contributed by atoms with van der Waals surface area (Å²) in [5.74, 6) is 1.43. The maximum atomic E-state index is 13.8. The van der Waals surface area contributed by atoms with E-state index in [1.54, 1.807) is 25.7 Å². The molecule has 1 N–H and O–H groups in total. The Hall–Kier alpha value is -5.05. The minimum absolute atomic E-state index is 0.0424. The highest BCUT2D eigenvalue weighted by Gasteiger charge is 2.28. The summed E-state index contributed by atoms with van der Waals surface area (Å²) in [6.07, 6.45) is 9.76. The number of alkyl carbamates (subject to hydrolysis) is 1. The van der Waals surface area contributed by atoms with Gasteiger partial charge in [-0.3, -0.25) is 9.59 Å². The lowest BCUT2D eigenvalue weighted by molar-refractivity contribution is -0.155. The number of rotatable bonds is 14. The van der Waals surface area contributed by atoms with Crippen molar-refractivity contribution in [2.45, 2.75) is 104 Å². The van der Waals surface area contributed by atoms with Crippen molar-refractivity contribution in [2.75, 3.05) is 13.1 Å². The van der Waals surface area contributed by atoms with Crippen LogP contribution in [0.3, 0.4) is 0 Å². The molecular weight excluding hydrogens is 665 g/mol. The van der Waals surface area contributed by atoms with E-state index < -0.39 is 17.7 Å². The van der Waals surface area contributed by atoms with Crippen LogP contribution >= 0.6 is 0 Å². The second kappa shape index (κ2) is 18.6. The molecule has 0 bridgehead atoms. The molecule has 1 aromatic heterocycles. The van der Waals surface area contributed by atoms with Gasteiger partial charge in [-0.1, -0.05) is 92.2 Å². The van der Waals surface area contributed by atoms with E-state index in [-0.39, 0.29) is 37.9 Å². The smallest absolute Gasteiger partial charge is 0.408 e. The Morgan fingerprint density at radius 2 is 1.45 bits per heavy atom. The standard InChI is InChI=1S/C44H54N4O5/c1-6-31-13-17-34(18-14-31)35-21-23-36(24-22-35)38-28-45-41(46-29-38)37-19-15-32(16-20-37)27-39(47-43(51)52-30-33-11-9-8-10-12-33)42(50)48(7-2)26-25-40(49)53-44(3,4)5/h8-12,15-16,19-24,28-29,31,34,39H,6-7,13-14,17-18,25-27,30H2,1-5H3,(H,47,51). The van der Waals surface area contributed by atoms with Crippen molar-refractivity contribution in [3.05, 3.63) is 108 Å². The van der Waals surface area contributed by atoms with Crippen LogP contribution < -0.4 is 5.32 Å². The molecule has 1 aliphatic rings. The molecule has 1 saturated carbocycles. The van der Waals surface area contributed by atoms with Crippen LogP contribution in [0.1, 0.15) is 95.8 Å². The number of carbonyl (C=O) groups excluding carboxylic acids is 3. The third kappa shape index (κ3) is 11.7.